The van der Waals surface area contributed by atoms with E-state index < -0.39 is 17.7 Å². The summed E-state index contributed by atoms with van der Waals surface area (Å²) in [5, 5.41) is 18.9. The zero-order valence-corrected chi connectivity index (χ0v) is 15.2. The van der Waals surface area contributed by atoms with E-state index in [9.17, 15) is 14.7 Å². The molecule has 7 heteroatoms. The van der Waals surface area contributed by atoms with E-state index in [1.54, 1.807) is 24.3 Å². The lowest BCUT2D eigenvalue weighted by atomic mass is 9.95. The Morgan fingerprint density at radius 3 is 2.41 bits per heavy atom. The Kier molecular flexibility index (Phi) is 4.29. The van der Waals surface area contributed by atoms with E-state index in [0.29, 0.717) is 16.3 Å². The molecular formula is C20H15N3O3S. The molecule has 3 aromatic rings. The summed E-state index contributed by atoms with van der Waals surface area (Å²) in [5.41, 5.74) is 3.79. The van der Waals surface area contributed by atoms with Crippen LogP contribution in [0, 0.1) is 6.92 Å². The molecule has 0 saturated carbocycles. The Bertz CT molecular complexity index is 1030. The monoisotopic (exact) mass is 377 g/mol. The number of Topliss-reactive ketones (excluding diaryl/α,β-unsaturated/α-hetero) is 1. The first kappa shape index (κ1) is 17.1. The van der Waals surface area contributed by atoms with Gasteiger partial charge in [-0.15, -0.1) is 10.2 Å². The predicted molar refractivity (Wildman–Crippen MR) is 102 cm³/mol. The van der Waals surface area contributed by atoms with Crippen LogP contribution >= 0.6 is 11.3 Å². The molecule has 1 aliphatic heterocycles. The van der Waals surface area contributed by atoms with Crippen molar-refractivity contribution in [2.45, 2.75) is 13.0 Å². The van der Waals surface area contributed by atoms with Crippen LogP contribution in [0.3, 0.4) is 0 Å². The number of hydrogen-bond acceptors (Lipinski definition) is 6. The van der Waals surface area contributed by atoms with Gasteiger partial charge in [0.2, 0.25) is 5.13 Å². The average Bonchev–Trinajstić information content (AvgIpc) is 3.30. The summed E-state index contributed by atoms with van der Waals surface area (Å²) in [6.07, 6.45) is 0. The lowest BCUT2D eigenvalue weighted by molar-refractivity contribution is -0.132. The molecule has 1 atom stereocenters. The second-order valence-electron chi connectivity index (χ2n) is 6.17. The molecule has 0 aliphatic carbocycles. The molecule has 0 bridgehead atoms. The molecule has 134 valence electrons. The van der Waals surface area contributed by atoms with Crippen molar-refractivity contribution in [3.63, 3.8) is 0 Å². The first-order valence-corrected chi connectivity index (χ1v) is 9.15. The minimum absolute atomic E-state index is 0.0465. The van der Waals surface area contributed by atoms with Crippen LogP contribution in [0.5, 0.6) is 0 Å². The van der Waals surface area contributed by atoms with Gasteiger partial charge in [0.05, 0.1) is 11.6 Å². The molecule has 6 nitrogen and oxygen atoms in total. The molecule has 1 saturated heterocycles. The van der Waals surface area contributed by atoms with Gasteiger partial charge >= 0.3 is 5.91 Å². The standard InChI is InChI=1S/C20H15N3O3S/c1-12-7-9-13(10-8-12)16-15(17(24)14-5-3-2-4-6-14)18(25)19(26)23(16)20-22-21-11-27-20/h2-11,16,24H,1H3/b17-15+/t16-/m0/s1. The maximum Gasteiger partial charge on any atom is 0.301 e. The van der Waals surface area contributed by atoms with Crippen LogP contribution < -0.4 is 4.90 Å². The van der Waals surface area contributed by atoms with Gasteiger partial charge in [-0.05, 0) is 12.5 Å². The third-order valence-electron chi connectivity index (χ3n) is 4.44. The minimum Gasteiger partial charge on any atom is -0.507 e. The van der Waals surface area contributed by atoms with Gasteiger partial charge in [-0.2, -0.15) is 0 Å². The Hall–Kier alpha value is -3.32. The second-order valence-corrected chi connectivity index (χ2v) is 6.98. The summed E-state index contributed by atoms with van der Waals surface area (Å²) < 4.78 is 0. The SMILES string of the molecule is Cc1ccc([C@H]2/C(=C(\O)c3ccccc3)C(=O)C(=O)N2c2nncs2)cc1. The number of carbonyl (C=O) groups excluding carboxylic acids is 2. The fourth-order valence-corrected chi connectivity index (χ4v) is 3.70. The highest BCUT2D eigenvalue weighted by Gasteiger charge is 2.48. The third kappa shape index (κ3) is 2.92. The third-order valence-corrected chi connectivity index (χ3v) is 5.13. The van der Waals surface area contributed by atoms with E-state index in [0.717, 1.165) is 16.9 Å². The van der Waals surface area contributed by atoms with Gasteiger partial charge in [-0.25, -0.2) is 0 Å². The molecule has 0 spiro atoms. The molecule has 1 aromatic heterocycles. The minimum atomic E-state index is -0.765. The number of nitrogens with zero attached hydrogens (tertiary/aromatic N) is 3. The number of amides is 1. The summed E-state index contributed by atoms with van der Waals surface area (Å²) in [5.74, 6) is -1.67. The van der Waals surface area contributed by atoms with Crippen molar-refractivity contribution in [1.82, 2.24) is 10.2 Å². The Labute approximate surface area is 159 Å². The molecule has 0 unspecified atom stereocenters. The number of carbonyl (C=O) groups is 2. The number of aromatic nitrogens is 2. The number of aliphatic hydroxyl groups is 1. The zero-order chi connectivity index (χ0) is 19.0. The molecule has 4 rings (SSSR count). The fraction of sp³-hybridized carbons (Fsp3) is 0.100. The topological polar surface area (TPSA) is 83.4 Å². The van der Waals surface area contributed by atoms with E-state index in [2.05, 4.69) is 10.2 Å². The smallest absolute Gasteiger partial charge is 0.301 e. The molecule has 2 aromatic carbocycles. The maximum absolute atomic E-state index is 12.8. The van der Waals surface area contributed by atoms with Crippen molar-refractivity contribution in [2.24, 2.45) is 0 Å². The summed E-state index contributed by atoms with van der Waals surface area (Å²) in [6, 6.07) is 15.5. The van der Waals surface area contributed by atoms with Crippen LogP contribution in [0.4, 0.5) is 5.13 Å². The summed E-state index contributed by atoms with van der Waals surface area (Å²) in [4.78, 5) is 26.9. The van der Waals surface area contributed by atoms with Crippen LogP contribution in [0.25, 0.3) is 5.76 Å². The van der Waals surface area contributed by atoms with Gasteiger partial charge < -0.3 is 5.11 Å². The summed E-state index contributed by atoms with van der Waals surface area (Å²) in [6.45, 7) is 1.95. The van der Waals surface area contributed by atoms with Crippen LogP contribution in [-0.4, -0.2) is 27.0 Å². The van der Waals surface area contributed by atoms with Crippen LogP contribution in [0.15, 0.2) is 65.7 Å². The lowest BCUT2D eigenvalue weighted by Gasteiger charge is -2.22. The van der Waals surface area contributed by atoms with E-state index >= 15 is 0 Å². The highest BCUT2D eigenvalue weighted by molar-refractivity contribution is 7.13. The van der Waals surface area contributed by atoms with Crippen molar-refractivity contribution in [3.05, 3.63) is 82.4 Å². The van der Waals surface area contributed by atoms with Crippen LogP contribution in [0.1, 0.15) is 22.7 Å². The van der Waals surface area contributed by atoms with E-state index in [1.807, 2.05) is 37.3 Å². The number of aryl methyl sites for hydroxylation is 1. The Balaban J connectivity index is 1.94. The van der Waals surface area contributed by atoms with Crippen molar-refractivity contribution < 1.29 is 14.7 Å². The van der Waals surface area contributed by atoms with Gasteiger partial charge in [0.15, 0.2) is 0 Å². The number of hydrogen-bond donors (Lipinski definition) is 1. The van der Waals surface area contributed by atoms with Gasteiger partial charge in [0, 0.05) is 5.56 Å². The molecule has 2 heterocycles. The van der Waals surface area contributed by atoms with Gasteiger partial charge in [0.1, 0.15) is 11.3 Å². The highest BCUT2D eigenvalue weighted by Crippen LogP contribution is 2.42. The van der Waals surface area contributed by atoms with Gasteiger partial charge in [0.25, 0.3) is 5.78 Å². The summed E-state index contributed by atoms with van der Waals surface area (Å²) in [7, 11) is 0. The second kappa shape index (κ2) is 6.77. The fourth-order valence-electron chi connectivity index (χ4n) is 3.12. The molecule has 1 fully saturated rings. The zero-order valence-electron chi connectivity index (χ0n) is 14.4. The summed E-state index contributed by atoms with van der Waals surface area (Å²) >= 11 is 1.16. The number of rotatable bonds is 3. The van der Waals surface area contributed by atoms with E-state index in [1.165, 1.54) is 10.4 Å². The largest absolute Gasteiger partial charge is 0.507 e. The van der Waals surface area contributed by atoms with Gasteiger partial charge in [-0.3, -0.25) is 14.5 Å². The van der Waals surface area contributed by atoms with E-state index in [4.69, 9.17) is 0 Å². The molecule has 1 N–H and O–H groups in total. The number of anilines is 1. The maximum atomic E-state index is 12.8. The molecule has 27 heavy (non-hydrogen) atoms. The highest BCUT2D eigenvalue weighted by atomic mass is 32.1. The molecule has 0 radical (unpaired) electrons. The van der Waals surface area contributed by atoms with Crippen LogP contribution in [0.2, 0.25) is 0 Å². The van der Waals surface area contributed by atoms with Gasteiger partial charge in [-0.1, -0.05) is 71.5 Å². The lowest BCUT2D eigenvalue weighted by Crippen LogP contribution is -2.29. The van der Waals surface area contributed by atoms with Crippen molar-refractivity contribution in [1.29, 1.82) is 0 Å². The number of aliphatic hydroxyl groups excluding tert-OH is 1. The first-order valence-electron chi connectivity index (χ1n) is 8.27. The van der Waals surface area contributed by atoms with Crippen molar-refractivity contribution in [2.75, 3.05) is 4.90 Å². The number of ketones is 1. The molecular weight excluding hydrogens is 362 g/mol. The average molecular weight is 377 g/mol. The van der Waals surface area contributed by atoms with Crippen molar-refractivity contribution >= 4 is 33.9 Å². The first-order chi connectivity index (χ1) is 13.1. The quantitative estimate of drug-likeness (QED) is 0.429. The Morgan fingerprint density at radius 2 is 1.78 bits per heavy atom. The Morgan fingerprint density at radius 1 is 1.07 bits per heavy atom. The normalized spacial score (nSPS) is 18.9. The predicted octanol–water partition coefficient (Wildman–Crippen LogP) is 3.47. The number of benzene rings is 2. The van der Waals surface area contributed by atoms with Crippen molar-refractivity contribution in [3.8, 4) is 0 Å². The molecule has 1 amide bonds. The molecule has 1 aliphatic rings. The van der Waals surface area contributed by atoms with Crippen LogP contribution in [-0.2, 0) is 9.59 Å². The van der Waals surface area contributed by atoms with E-state index in [-0.39, 0.29) is 11.3 Å².